The summed E-state index contributed by atoms with van der Waals surface area (Å²) in [5, 5.41) is 13.8. The fourth-order valence-corrected chi connectivity index (χ4v) is 4.21. The first-order valence-electron chi connectivity index (χ1n) is 10.2. The van der Waals surface area contributed by atoms with Gasteiger partial charge in [0.2, 0.25) is 0 Å². The highest BCUT2D eigenvalue weighted by Crippen LogP contribution is 2.30. The second kappa shape index (κ2) is 8.93. The first kappa shape index (κ1) is 20.5. The first-order chi connectivity index (χ1) is 14.6. The van der Waals surface area contributed by atoms with Crippen LogP contribution in [0, 0.1) is 18.6 Å². The van der Waals surface area contributed by atoms with Crippen LogP contribution in [0.25, 0.3) is 10.9 Å². The second-order valence-corrected chi connectivity index (χ2v) is 7.51. The number of fused-ring (bicyclic) bond motifs is 1. The van der Waals surface area contributed by atoms with Gasteiger partial charge in [0.25, 0.3) is 0 Å². The summed E-state index contributed by atoms with van der Waals surface area (Å²) in [6, 6.07) is 10.7. The van der Waals surface area contributed by atoms with Crippen molar-refractivity contribution in [3.05, 3.63) is 70.9 Å². The third-order valence-electron chi connectivity index (χ3n) is 5.71. The molecule has 1 N–H and O–H groups in total. The SMILES string of the molecule is Cc1c(C(=NO)c2ccccc2F)c2cc(F)ccc2n1CCCN1CCOCC1. The number of ether oxygens (including phenoxy) is 1. The van der Waals surface area contributed by atoms with Gasteiger partial charge in [-0.15, -0.1) is 0 Å². The number of aromatic nitrogens is 1. The zero-order valence-electron chi connectivity index (χ0n) is 16.9. The monoisotopic (exact) mass is 413 g/mol. The lowest BCUT2D eigenvalue weighted by atomic mass is 9.99. The third kappa shape index (κ3) is 3.95. The fourth-order valence-electron chi connectivity index (χ4n) is 4.21. The Bertz CT molecular complexity index is 1070. The Kier molecular flexibility index (Phi) is 6.11. The van der Waals surface area contributed by atoms with Crippen molar-refractivity contribution in [2.45, 2.75) is 19.9 Å². The molecule has 5 nitrogen and oxygen atoms in total. The van der Waals surface area contributed by atoms with Gasteiger partial charge in [-0.2, -0.15) is 0 Å². The molecule has 0 bridgehead atoms. The minimum absolute atomic E-state index is 0.105. The number of benzene rings is 2. The van der Waals surface area contributed by atoms with Gasteiger partial charge < -0.3 is 14.5 Å². The quantitative estimate of drug-likeness (QED) is 0.375. The summed E-state index contributed by atoms with van der Waals surface area (Å²) in [7, 11) is 0. The average Bonchev–Trinajstić information content (AvgIpc) is 3.02. The molecule has 0 unspecified atom stereocenters. The molecule has 158 valence electrons. The Morgan fingerprint density at radius 3 is 2.60 bits per heavy atom. The second-order valence-electron chi connectivity index (χ2n) is 7.51. The Morgan fingerprint density at radius 1 is 1.10 bits per heavy atom. The van der Waals surface area contributed by atoms with E-state index in [1.807, 2.05) is 6.92 Å². The van der Waals surface area contributed by atoms with Gasteiger partial charge in [-0.1, -0.05) is 17.3 Å². The smallest absolute Gasteiger partial charge is 0.132 e. The van der Waals surface area contributed by atoms with E-state index in [-0.39, 0.29) is 17.1 Å². The molecule has 3 aromatic rings. The molecule has 0 amide bonds. The molecule has 0 atom stereocenters. The summed E-state index contributed by atoms with van der Waals surface area (Å²) >= 11 is 0. The van der Waals surface area contributed by atoms with Crippen molar-refractivity contribution in [3.63, 3.8) is 0 Å². The molecule has 4 rings (SSSR count). The maximum absolute atomic E-state index is 14.5. The van der Waals surface area contributed by atoms with Crippen LogP contribution in [0.4, 0.5) is 8.78 Å². The van der Waals surface area contributed by atoms with Crippen molar-refractivity contribution in [1.82, 2.24) is 9.47 Å². The molecule has 0 radical (unpaired) electrons. The van der Waals surface area contributed by atoms with Crippen molar-refractivity contribution < 1.29 is 18.7 Å². The van der Waals surface area contributed by atoms with Gasteiger partial charge in [0, 0.05) is 53.9 Å². The maximum Gasteiger partial charge on any atom is 0.132 e. The van der Waals surface area contributed by atoms with Crippen molar-refractivity contribution in [2.75, 3.05) is 32.8 Å². The molecule has 0 aliphatic carbocycles. The molecule has 7 heteroatoms. The van der Waals surface area contributed by atoms with Gasteiger partial charge in [-0.25, -0.2) is 8.78 Å². The van der Waals surface area contributed by atoms with Gasteiger partial charge >= 0.3 is 0 Å². The molecule has 0 spiro atoms. The van der Waals surface area contributed by atoms with Crippen LogP contribution in [0.3, 0.4) is 0 Å². The molecule has 1 saturated heterocycles. The number of hydrogen-bond acceptors (Lipinski definition) is 4. The highest BCUT2D eigenvalue weighted by atomic mass is 19.1. The van der Waals surface area contributed by atoms with E-state index in [2.05, 4.69) is 14.6 Å². The fraction of sp³-hybridized carbons (Fsp3) is 0.348. The zero-order chi connectivity index (χ0) is 21.1. The summed E-state index contributed by atoms with van der Waals surface area (Å²) in [4.78, 5) is 2.37. The van der Waals surface area contributed by atoms with Gasteiger partial charge in [0.15, 0.2) is 0 Å². The number of oxime groups is 1. The van der Waals surface area contributed by atoms with Crippen LogP contribution in [0.5, 0.6) is 0 Å². The number of rotatable bonds is 6. The van der Waals surface area contributed by atoms with E-state index in [0.29, 0.717) is 10.9 Å². The molecule has 1 aliphatic rings. The van der Waals surface area contributed by atoms with Gasteiger partial charge in [-0.05, 0) is 43.7 Å². The summed E-state index contributed by atoms with van der Waals surface area (Å²) < 4.78 is 36.0. The van der Waals surface area contributed by atoms with E-state index >= 15 is 0 Å². The Hall–Kier alpha value is -2.77. The largest absolute Gasteiger partial charge is 0.410 e. The number of hydrogen-bond donors (Lipinski definition) is 1. The lowest BCUT2D eigenvalue weighted by Gasteiger charge is -2.26. The molecule has 1 aromatic heterocycles. The van der Waals surface area contributed by atoms with E-state index < -0.39 is 5.82 Å². The molecule has 0 saturated carbocycles. The van der Waals surface area contributed by atoms with Gasteiger partial charge in [0.1, 0.15) is 17.3 Å². The zero-order valence-corrected chi connectivity index (χ0v) is 16.9. The van der Waals surface area contributed by atoms with Crippen LogP contribution in [0.1, 0.15) is 23.2 Å². The minimum Gasteiger partial charge on any atom is -0.410 e. The molecular formula is C23H25F2N3O2. The van der Waals surface area contributed by atoms with Crippen molar-refractivity contribution in [2.24, 2.45) is 5.16 Å². The Balaban J connectivity index is 1.72. The molecule has 2 aromatic carbocycles. The predicted octanol–water partition coefficient (Wildman–Crippen LogP) is 4.18. The Labute approximate surface area is 174 Å². The third-order valence-corrected chi connectivity index (χ3v) is 5.71. The average molecular weight is 413 g/mol. The van der Waals surface area contributed by atoms with Crippen LogP contribution >= 0.6 is 0 Å². The molecule has 1 aliphatic heterocycles. The van der Waals surface area contributed by atoms with Crippen molar-refractivity contribution in [1.29, 1.82) is 0 Å². The maximum atomic E-state index is 14.5. The lowest BCUT2D eigenvalue weighted by molar-refractivity contribution is 0.0369. The number of nitrogens with zero attached hydrogens (tertiary/aromatic N) is 3. The van der Waals surface area contributed by atoms with Crippen LogP contribution < -0.4 is 0 Å². The lowest BCUT2D eigenvalue weighted by Crippen LogP contribution is -2.37. The van der Waals surface area contributed by atoms with Gasteiger partial charge in [0.05, 0.1) is 13.2 Å². The summed E-state index contributed by atoms with van der Waals surface area (Å²) in [5.41, 5.74) is 2.48. The van der Waals surface area contributed by atoms with E-state index in [9.17, 15) is 14.0 Å². The number of morpholine rings is 1. The predicted molar refractivity (Wildman–Crippen MR) is 112 cm³/mol. The van der Waals surface area contributed by atoms with Crippen molar-refractivity contribution >= 4 is 16.6 Å². The minimum atomic E-state index is -0.491. The molecular weight excluding hydrogens is 388 g/mol. The van der Waals surface area contributed by atoms with Crippen LogP contribution in [0.15, 0.2) is 47.6 Å². The van der Waals surface area contributed by atoms with Crippen LogP contribution in [-0.2, 0) is 11.3 Å². The van der Waals surface area contributed by atoms with Crippen LogP contribution in [-0.4, -0.2) is 53.2 Å². The molecule has 30 heavy (non-hydrogen) atoms. The molecule has 2 heterocycles. The number of halogens is 2. The first-order valence-corrected chi connectivity index (χ1v) is 10.2. The Morgan fingerprint density at radius 2 is 1.87 bits per heavy atom. The summed E-state index contributed by atoms with van der Waals surface area (Å²) in [6.07, 6.45) is 0.909. The van der Waals surface area contributed by atoms with Gasteiger partial charge in [-0.3, -0.25) is 4.90 Å². The highest BCUT2D eigenvalue weighted by molar-refractivity contribution is 6.20. The van der Waals surface area contributed by atoms with E-state index in [1.165, 1.54) is 18.2 Å². The topological polar surface area (TPSA) is 50.0 Å². The van der Waals surface area contributed by atoms with E-state index in [4.69, 9.17) is 4.74 Å². The summed E-state index contributed by atoms with van der Waals surface area (Å²) in [6.45, 7) is 6.93. The van der Waals surface area contributed by atoms with Crippen LogP contribution in [0.2, 0.25) is 0 Å². The summed E-state index contributed by atoms with van der Waals surface area (Å²) in [5.74, 6) is -0.880. The standard InChI is InChI=1S/C23H25F2N3O2/c1-16-22(23(26-29)18-5-2-3-6-20(18)25)19-15-17(24)7-8-21(19)28(16)10-4-9-27-11-13-30-14-12-27/h2-3,5-8,15,29H,4,9-14H2,1H3. The number of aryl methyl sites for hydroxylation is 1. The van der Waals surface area contributed by atoms with E-state index in [1.54, 1.807) is 24.3 Å². The normalized spacial score (nSPS) is 15.8. The molecule has 1 fully saturated rings. The van der Waals surface area contributed by atoms with E-state index in [0.717, 1.165) is 57.0 Å². The highest BCUT2D eigenvalue weighted by Gasteiger charge is 2.23. The van der Waals surface area contributed by atoms with Crippen molar-refractivity contribution in [3.8, 4) is 0 Å².